The van der Waals surface area contributed by atoms with Gasteiger partial charge in [-0.1, -0.05) is 6.42 Å². The maximum Gasteiger partial charge on any atom is 0.317 e. The van der Waals surface area contributed by atoms with E-state index in [-0.39, 0.29) is 6.03 Å². The quantitative estimate of drug-likeness (QED) is 0.914. The van der Waals surface area contributed by atoms with Gasteiger partial charge in [0.15, 0.2) is 0 Å². The van der Waals surface area contributed by atoms with Gasteiger partial charge in [0.25, 0.3) is 0 Å². The molecular formula is C18H28N4OS. The van der Waals surface area contributed by atoms with Crippen molar-refractivity contribution in [2.45, 2.75) is 70.0 Å². The fourth-order valence-corrected chi connectivity index (χ4v) is 5.64. The first-order chi connectivity index (χ1) is 11.7. The van der Waals surface area contributed by atoms with Crippen molar-refractivity contribution in [3.05, 3.63) is 15.6 Å². The molecule has 1 aliphatic carbocycles. The summed E-state index contributed by atoms with van der Waals surface area (Å²) in [5.74, 6) is 0. The summed E-state index contributed by atoms with van der Waals surface area (Å²) in [4.78, 5) is 23.2. The number of nitrogens with one attached hydrogen (secondary N) is 1. The van der Waals surface area contributed by atoms with Crippen LogP contribution in [0.5, 0.6) is 0 Å². The summed E-state index contributed by atoms with van der Waals surface area (Å²) in [6, 6.07) is 0.939. The molecule has 3 aliphatic rings. The Bertz CT molecular complexity index is 578. The van der Waals surface area contributed by atoms with Gasteiger partial charge in [0, 0.05) is 30.6 Å². The molecule has 0 aromatic carbocycles. The monoisotopic (exact) mass is 348 g/mol. The van der Waals surface area contributed by atoms with Gasteiger partial charge in [0.05, 0.1) is 12.2 Å². The number of aromatic nitrogens is 1. The van der Waals surface area contributed by atoms with Crippen LogP contribution < -0.4 is 5.32 Å². The summed E-state index contributed by atoms with van der Waals surface area (Å²) in [6.07, 6.45) is 9.75. The molecule has 2 atom stereocenters. The molecule has 3 heterocycles. The van der Waals surface area contributed by atoms with Crippen LogP contribution in [0.1, 0.15) is 54.1 Å². The van der Waals surface area contributed by atoms with Crippen LogP contribution in [0.4, 0.5) is 4.79 Å². The Labute approximate surface area is 148 Å². The zero-order chi connectivity index (χ0) is 16.5. The van der Waals surface area contributed by atoms with Gasteiger partial charge in [-0.2, -0.15) is 0 Å². The van der Waals surface area contributed by atoms with Crippen LogP contribution >= 0.6 is 11.3 Å². The van der Waals surface area contributed by atoms with Crippen molar-refractivity contribution in [2.75, 3.05) is 20.1 Å². The van der Waals surface area contributed by atoms with E-state index < -0.39 is 0 Å². The van der Waals surface area contributed by atoms with Crippen molar-refractivity contribution in [1.29, 1.82) is 0 Å². The Balaban J connectivity index is 1.33. The molecule has 0 spiro atoms. The van der Waals surface area contributed by atoms with Crippen LogP contribution in [0.2, 0.25) is 0 Å². The number of aryl methyl sites for hydroxylation is 2. The average molecular weight is 349 g/mol. The van der Waals surface area contributed by atoms with Gasteiger partial charge in [0.1, 0.15) is 5.01 Å². The third-order valence-corrected chi connectivity index (χ3v) is 6.92. The molecule has 1 aromatic rings. The Morgan fingerprint density at radius 1 is 1.25 bits per heavy atom. The van der Waals surface area contributed by atoms with Gasteiger partial charge < -0.3 is 10.2 Å². The number of carbonyl (C=O) groups excluding carboxylic acids is 1. The lowest BCUT2D eigenvalue weighted by Gasteiger charge is -2.33. The first-order valence-corrected chi connectivity index (χ1v) is 10.3. The average Bonchev–Trinajstić information content (AvgIpc) is 3.18. The number of carbonyl (C=O) groups is 1. The number of hydrogen-bond donors (Lipinski definition) is 1. The van der Waals surface area contributed by atoms with E-state index in [1.54, 1.807) is 16.2 Å². The van der Waals surface area contributed by atoms with Crippen molar-refractivity contribution in [2.24, 2.45) is 0 Å². The zero-order valence-electron chi connectivity index (χ0n) is 14.6. The number of amides is 2. The molecule has 6 heteroatoms. The Kier molecular flexibility index (Phi) is 4.77. The second-order valence-corrected chi connectivity index (χ2v) is 8.65. The fraction of sp³-hybridized carbons (Fsp3) is 0.778. The molecule has 24 heavy (non-hydrogen) atoms. The molecule has 5 nitrogen and oxygen atoms in total. The molecular weight excluding hydrogens is 320 g/mol. The number of urea groups is 1. The Morgan fingerprint density at radius 3 is 3.00 bits per heavy atom. The molecule has 2 amide bonds. The molecule has 2 saturated heterocycles. The molecule has 0 saturated carbocycles. The predicted molar refractivity (Wildman–Crippen MR) is 96.4 cm³/mol. The topological polar surface area (TPSA) is 48.5 Å². The number of thiazole rings is 1. The van der Waals surface area contributed by atoms with Gasteiger partial charge in [-0.3, -0.25) is 4.90 Å². The summed E-state index contributed by atoms with van der Waals surface area (Å²) in [5.41, 5.74) is 1.28. The number of fused-ring (bicyclic) bond motifs is 2. The van der Waals surface area contributed by atoms with Crippen LogP contribution in [-0.4, -0.2) is 53.0 Å². The third kappa shape index (κ3) is 3.31. The highest BCUT2D eigenvalue weighted by Gasteiger charge is 2.36. The maximum atomic E-state index is 12.6. The zero-order valence-corrected chi connectivity index (χ0v) is 15.4. The van der Waals surface area contributed by atoms with E-state index in [4.69, 9.17) is 4.98 Å². The molecule has 1 aromatic heterocycles. The molecule has 2 aliphatic heterocycles. The molecule has 0 unspecified atom stereocenters. The number of rotatable bonds is 3. The minimum atomic E-state index is 0.0561. The lowest BCUT2D eigenvalue weighted by molar-refractivity contribution is 0.170. The minimum Gasteiger partial charge on any atom is -0.334 e. The maximum absolute atomic E-state index is 12.6. The van der Waals surface area contributed by atoms with Crippen molar-refractivity contribution in [3.8, 4) is 0 Å². The van der Waals surface area contributed by atoms with Crippen molar-refractivity contribution in [1.82, 2.24) is 20.1 Å². The van der Waals surface area contributed by atoms with Crippen LogP contribution in [0.3, 0.4) is 0 Å². The van der Waals surface area contributed by atoms with E-state index in [9.17, 15) is 4.79 Å². The second kappa shape index (κ2) is 7.00. The summed E-state index contributed by atoms with van der Waals surface area (Å²) in [6.45, 7) is 2.97. The number of piperidine rings is 1. The molecule has 4 rings (SSSR count). The largest absolute Gasteiger partial charge is 0.334 e. The SMILES string of the molecule is CN(Cc1nc2c(s1)CCCC2)C(=O)N[C@H]1CCN2CCCC[C@H]12. The highest BCUT2D eigenvalue weighted by atomic mass is 32.1. The number of hydrogen-bond acceptors (Lipinski definition) is 4. The van der Waals surface area contributed by atoms with Crippen molar-refractivity contribution in [3.63, 3.8) is 0 Å². The highest BCUT2D eigenvalue weighted by molar-refractivity contribution is 7.11. The highest BCUT2D eigenvalue weighted by Crippen LogP contribution is 2.28. The first kappa shape index (κ1) is 16.3. The van der Waals surface area contributed by atoms with E-state index in [0.717, 1.165) is 24.4 Å². The molecule has 2 fully saturated rings. The smallest absolute Gasteiger partial charge is 0.317 e. The third-order valence-electron chi connectivity index (χ3n) is 5.77. The van der Waals surface area contributed by atoms with Gasteiger partial charge in [0.2, 0.25) is 0 Å². The van der Waals surface area contributed by atoms with E-state index in [1.165, 1.54) is 55.6 Å². The normalized spacial score (nSPS) is 26.7. The van der Waals surface area contributed by atoms with Gasteiger partial charge in [-0.05, 0) is 51.5 Å². The van der Waals surface area contributed by atoms with Crippen LogP contribution in [0, 0.1) is 0 Å². The van der Waals surface area contributed by atoms with Crippen molar-refractivity contribution < 1.29 is 4.79 Å². The van der Waals surface area contributed by atoms with E-state index in [2.05, 4.69) is 10.2 Å². The molecule has 0 radical (unpaired) electrons. The van der Waals surface area contributed by atoms with Gasteiger partial charge in [-0.25, -0.2) is 9.78 Å². The van der Waals surface area contributed by atoms with Crippen LogP contribution in [0.15, 0.2) is 0 Å². The molecule has 0 bridgehead atoms. The summed E-state index contributed by atoms with van der Waals surface area (Å²) in [5, 5.41) is 4.37. The molecule has 1 N–H and O–H groups in total. The number of nitrogens with zero attached hydrogens (tertiary/aromatic N) is 3. The Morgan fingerprint density at radius 2 is 2.12 bits per heavy atom. The lowest BCUT2D eigenvalue weighted by Crippen LogP contribution is -2.49. The molecule has 132 valence electrons. The lowest BCUT2D eigenvalue weighted by atomic mass is 9.99. The summed E-state index contributed by atoms with van der Waals surface area (Å²) >= 11 is 1.80. The van der Waals surface area contributed by atoms with Gasteiger partial charge >= 0.3 is 6.03 Å². The summed E-state index contributed by atoms with van der Waals surface area (Å²) < 4.78 is 0. The fourth-order valence-electron chi connectivity index (χ4n) is 4.43. The minimum absolute atomic E-state index is 0.0561. The van der Waals surface area contributed by atoms with Crippen molar-refractivity contribution >= 4 is 17.4 Å². The van der Waals surface area contributed by atoms with Gasteiger partial charge in [-0.15, -0.1) is 11.3 Å². The van der Waals surface area contributed by atoms with Crippen LogP contribution in [0.25, 0.3) is 0 Å². The van der Waals surface area contributed by atoms with E-state index >= 15 is 0 Å². The standard InChI is InChI=1S/C18H28N4OS/c1-21(12-17-19-14-6-2-3-8-16(14)24-17)18(23)20-13-9-11-22-10-5-4-7-15(13)22/h13,15H,2-12H2,1H3,(H,20,23)/t13-,15+/m0/s1. The Hall–Kier alpha value is -1.14. The predicted octanol–water partition coefficient (Wildman–Crippen LogP) is 2.79. The summed E-state index contributed by atoms with van der Waals surface area (Å²) in [7, 11) is 1.89. The first-order valence-electron chi connectivity index (χ1n) is 9.44. The van der Waals surface area contributed by atoms with E-state index in [1.807, 2.05) is 7.05 Å². The van der Waals surface area contributed by atoms with E-state index in [0.29, 0.717) is 18.6 Å². The second-order valence-electron chi connectivity index (χ2n) is 7.48. The van der Waals surface area contributed by atoms with Crippen LogP contribution in [-0.2, 0) is 19.4 Å².